The lowest BCUT2D eigenvalue weighted by atomic mass is 10.2. The Morgan fingerprint density at radius 1 is 1.26 bits per heavy atom. The summed E-state index contributed by atoms with van der Waals surface area (Å²) in [5.41, 5.74) is 2.66. The van der Waals surface area contributed by atoms with E-state index in [0.717, 1.165) is 12.0 Å². The Morgan fingerprint density at radius 3 is 2.68 bits per heavy atom. The van der Waals surface area contributed by atoms with Gasteiger partial charge >= 0.3 is 0 Å². The van der Waals surface area contributed by atoms with Gasteiger partial charge in [-0.2, -0.15) is 10.2 Å². The molecule has 0 fully saturated rings. The summed E-state index contributed by atoms with van der Waals surface area (Å²) in [7, 11) is 0. The standard InChI is InChI=1S/C13H11N5O/c1-9-11(7-19)12(13-14-8-15-16-13)18(17-9)10-5-3-2-4-6-10/h2-8H,1H3,(H,14,15,16). The van der Waals surface area contributed by atoms with Crippen molar-refractivity contribution in [1.29, 1.82) is 0 Å². The third-order valence-electron chi connectivity index (χ3n) is 2.86. The number of aromatic nitrogens is 5. The fraction of sp³-hybridized carbons (Fsp3) is 0.0769. The van der Waals surface area contributed by atoms with Gasteiger partial charge in [-0.05, 0) is 19.1 Å². The minimum Gasteiger partial charge on any atom is -0.298 e. The van der Waals surface area contributed by atoms with Gasteiger partial charge in [0.05, 0.1) is 16.9 Å². The van der Waals surface area contributed by atoms with Gasteiger partial charge in [0.15, 0.2) is 12.1 Å². The van der Waals surface area contributed by atoms with E-state index in [-0.39, 0.29) is 0 Å². The molecule has 1 aromatic carbocycles. The summed E-state index contributed by atoms with van der Waals surface area (Å²) in [5.74, 6) is 0.520. The number of aldehydes is 1. The maximum absolute atomic E-state index is 11.3. The van der Waals surface area contributed by atoms with E-state index in [2.05, 4.69) is 20.3 Å². The molecule has 6 heteroatoms. The maximum Gasteiger partial charge on any atom is 0.174 e. The molecule has 0 aliphatic rings. The zero-order valence-electron chi connectivity index (χ0n) is 10.2. The third-order valence-corrected chi connectivity index (χ3v) is 2.86. The molecular formula is C13H11N5O. The summed E-state index contributed by atoms with van der Waals surface area (Å²) in [6, 6.07) is 9.59. The minimum absolute atomic E-state index is 0.514. The Balaban J connectivity index is 2.29. The second kappa shape index (κ2) is 4.49. The van der Waals surface area contributed by atoms with Gasteiger partial charge in [-0.3, -0.25) is 9.89 Å². The molecule has 2 aromatic heterocycles. The van der Waals surface area contributed by atoms with Crippen molar-refractivity contribution in [3.8, 4) is 17.2 Å². The lowest BCUT2D eigenvalue weighted by Gasteiger charge is -2.05. The molecule has 0 aliphatic heterocycles. The first-order valence-corrected chi connectivity index (χ1v) is 5.77. The Hall–Kier alpha value is -2.76. The number of carbonyl (C=O) groups is 1. The molecule has 0 atom stereocenters. The molecule has 0 aliphatic carbocycles. The van der Waals surface area contributed by atoms with Gasteiger partial charge in [0.2, 0.25) is 0 Å². The number of carbonyl (C=O) groups excluding carboxylic acids is 1. The van der Waals surface area contributed by atoms with Crippen LogP contribution >= 0.6 is 0 Å². The van der Waals surface area contributed by atoms with Crippen LogP contribution in [0.2, 0.25) is 0 Å². The van der Waals surface area contributed by atoms with E-state index in [1.807, 2.05) is 30.3 Å². The van der Waals surface area contributed by atoms with Gasteiger partial charge in [-0.1, -0.05) is 18.2 Å². The van der Waals surface area contributed by atoms with Crippen LogP contribution in [0.5, 0.6) is 0 Å². The number of hydrogen-bond donors (Lipinski definition) is 1. The van der Waals surface area contributed by atoms with Gasteiger partial charge in [-0.15, -0.1) is 0 Å². The summed E-state index contributed by atoms with van der Waals surface area (Å²) in [6.07, 6.45) is 2.20. The smallest absolute Gasteiger partial charge is 0.174 e. The van der Waals surface area contributed by atoms with Crippen LogP contribution in [0.4, 0.5) is 0 Å². The molecule has 0 spiro atoms. The lowest BCUT2D eigenvalue weighted by Crippen LogP contribution is -2.00. The van der Waals surface area contributed by atoms with Crippen molar-refractivity contribution in [3.63, 3.8) is 0 Å². The van der Waals surface area contributed by atoms with E-state index >= 15 is 0 Å². The zero-order chi connectivity index (χ0) is 13.2. The zero-order valence-corrected chi connectivity index (χ0v) is 10.2. The number of aryl methyl sites for hydroxylation is 1. The largest absolute Gasteiger partial charge is 0.298 e. The normalized spacial score (nSPS) is 10.6. The van der Waals surface area contributed by atoms with E-state index in [9.17, 15) is 4.79 Å². The number of nitrogens with one attached hydrogen (secondary N) is 1. The van der Waals surface area contributed by atoms with Crippen molar-refractivity contribution in [1.82, 2.24) is 25.0 Å². The van der Waals surface area contributed by atoms with Crippen LogP contribution in [0.15, 0.2) is 36.7 Å². The summed E-state index contributed by atoms with van der Waals surface area (Å²) in [5, 5.41) is 11.0. The van der Waals surface area contributed by atoms with E-state index in [1.54, 1.807) is 11.6 Å². The van der Waals surface area contributed by atoms with E-state index in [0.29, 0.717) is 22.8 Å². The van der Waals surface area contributed by atoms with E-state index in [1.165, 1.54) is 6.33 Å². The van der Waals surface area contributed by atoms with E-state index < -0.39 is 0 Å². The van der Waals surface area contributed by atoms with E-state index in [4.69, 9.17) is 0 Å². The highest BCUT2D eigenvalue weighted by atomic mass is 16.1. The van der Waals surface area contributed by atoms with Crippen LogP contribution in [0, 0.1) is 6.92 Å². The Labute approximate surface area is 109 Å². The van der Waals surface area contributed by atoms with Crippen molar-refractivity contribution in [3.05, 3.63) is 47.9 Å². The number of rotatable bonds is 3. The molecule has 0 radical (unpaired) electrons. The first kappa shape index (κ1) is 11.3. The molecule has 1 N–H and O–H groups in total. The van der Waals surface area contributed by atoms with Crippen molar-refractivity contribution in [2.45, 2.75) is 6.92 Å². The highest BCUT2D eigenvalue weighted by Crippen LogP contribution is 2.24. The Morgan fingerprint density at radius 2 is 2.05 bits per heavy atom. The first-order valence-electron chi connectivity index (χ1n) is 5.77. The van der Waals surface area contributed by atoms with Crippen LogP contribution in [-0.2, 0) is 0 Å². The second-order valence-corrected chi connectivity index (χ2v) is 4.05. The summed E-state index contributed by atoms with van der Waals surface area (Å²) < 4.78 is 1.69. The molecule has 3 rings (SSSR count). The number of aromatic amines is 1. The average molecular weight is 253 g/mol. The molecule has 6 nitrogen and oxygen atoms in total. The predicted octanol–water partition coefficient (Wildman–Crippen LogP) is 1.78. The highest BCUT2D eigenvalue weighted by Gasteiger charge is 2.19. The number of para-hydroxylation sites is 1. The van der Waals surface area contributed by atoms with Crippen molar-refractivity contribution < 1.29 is 4.79 Å². The lowest BCUT2D eigenvalue weighted by molar-refractivity contribution is 0.112. The van der Waals surface area contributed by atoms with Gasteiger partial charge in [0.1, 0.15) is 12.0 Å². The van der Waals surface area contributed by atoms with Crippen LogP contribution in [0.25, 0.3) is 17.2 Å². The van der Waals surface area contributed by atoms with Crippen LogP contribution in [0.3, 0.4) is 0 Å². The van der Waals surface area contributed by atoms with Crippen LogP contribution in [0.1, 0.15) is 16.1 Å². The monoisotopic (exact) mass is 253 g/mol. The van der Waals surface area contributed by atoms with Crippen molar-refractivity contribution in [2.24, 2.45) is 0 Å². The molecule has 0 bridgehead atoms. The van der Waals surface area contributed by atoms with Crippen LogP contribution < -0.4 is 0 Å². The first-order chi connectivity index (χ1) is 9.31. The Bertz CT molecular complexity index is 700. The number of nitrogens with zero attached hydrogens (tertiary/aromatic N) is 4. The second-order valence-electron chi connectivity index (χ2n) is 4.05. The molecule has 94 valence electrons. The average Bonchev–Trinajstić information content (AvgIpc) is 3.06. The van der Waals surface area contributed by atoms with Gasteiger partial charge < -0.3 is 0 Å². The highest BCUT2D eigenvalue weighted by molar-refractivity contribution is 5.86. The van der Waals surface area contributed by atoms with Gasteiger partial charge in [0.25, 0.3) is 0 Å². The maximum atomic E-state index is 11.3. The quantitative estimate of drug-likeness (QED) is 0.722. The minimum atomic E-state index is 0.514. The Kier molecular flexibility index (Phi) is 2.68. The predicted molar refractivity (Wildman–Crippen MR) is 69.1 cm³/mol. The van der Waals surface area contributed by atoms with Gasteiger partial charge in [-0.25, -0.2) is 9.67 Å². The molecule has 19 heavy (non-hydrogen) atoms. The summed E-state index contributed by atoms with van der Waals surface area (Å²) >= 11 is 0. The summed E-state index contributed by atoms with van der Waals surface area (Å²) in [6.45, 7) is 1.79. The molecule has 0 amide bonds. The topological polar surface area (TPSA) is 76.5 Å². The number of benzene rings is 1. The number of H-pyrrole nitrogens is 1. The molecule has 0 saturated heterocycles. The summed E-state index contributed by atoms with van der Waals surface area (Å²) in [4.78, 5) is 15.4. The SMILES string of the molecule is Cc1nn(-c2ccccc2)c(-c2ncn[nH]2)c1C=O. The number of hydrogen-bond acceptors (Lipinski definition) is 4. The van der Waals surface area contributed by atoms with Crippen molar-refractivity contribution >= 4 is 6.29 Å². The fourth-order valence-electron chi connectivity index (χ4n) is 1.98. The third kappa shape index (κ3) is 1.83. The molecule has 0 unspecified atom stereocenters. The van der Waals surface area contributed by atoms with Gasteiger partial charge in [0, 0.05) is 0 Å². The van der Waals surface area contributed by atoms with Crippen LogP contribution in [-0.4, -0.2) is 31.2 Å². The molecule has 0 saturated carbocycles. The fourth-order valence-corrected chi connectivity index (χ4v) is 1.98. The molecule has 2 heterocycles. The van der Waals surface area contributed by atoms with Crippen molar-refractivity contribution in [2.75, 3.05) is 0 Å². The molecular weight excluding hydrogens is 242 g/mol. The molecule has 3 aromatic rings.